The van der Waals surface area contributed by atoms with E-state index in [1.165, 1.54) is 24.3 Å². The number of carbonyl (C=O) groups is 1. The first-order chi connectivity index (χ1) is 12.8. The minimum absolute atomic E-state index is 0.0120. The maximum Gasteiger partial charge on any atom is 0.345 e. The van der Waals surface area contributed by atoms with Crippen LogP contribution in [0.4, 0.5) is 21.5 Å². The fourth-order valence-electron chi connectivity index (χ4n) is 2.03. The lowest BCUT2D eigenvalue weighted by atomic mass is 10.2. The Morgan fingerprint density at radius 3 is 2.37 bits per heavy atom. The number of thiazole rings is 1. The molecule has 12 nitrogen and oxygen atoms in total. The molecular weight excluding hydrogens is 402 g/mol. The topological polar surface area (TPSA) is 166 Å². The molecule has 0 aliphatic rings. The third-order valence-corrected chi connectivity index (χ3v) is 4.94. The van der Waals surface area contributed by atoms with Crippen LogP contribution in [0.1, 0.15) is 12.8 Å². The van der Waals surface area contributed by atoms with Gasteiger partial charge in [0, 0.05) is 25.1 Å². The van der Waals surface area contributed by atoms with E-state index >= 15 is 0 Å². The summed E-state index contributed by atoms with van der Waals surface area (Å²) in [6.07, 6.45) is 1.15. The molecule has 0 aliphatic carbocycles. The van der Waals surface area contributed by atoms with E-state index in [0.717, 1.165) is 10.5 Å². The van der Waals surface area contributed by atoms with E-state index in [9.17, 15) is 33.4 Å². The van der Waals surface area contributed by atoms with Crippen LogP contribution < -0.4 is 9.62 Å². The highest BCUT2D eigenvalue weighted by molar-refractivity contribution is 7.74. The Kier molecular flexibility index (Phi) is 6.73. The van der Waals surface area contributed by atoms with Gasteiger partial charge in [-0.2, -0.15) is 0 Å². The molecule has 2 rings (SSSR count). The molecule has 0 aliphatic heterocycles. The lowest BCUT2D eigenvalue weighted by molar-refractivity contribution is -0.384. The number of nitro groups is 2. The number of nitrogens with one attached hydrogen (secondary N) is 1. The first-order valence-electron chi connectivity index (χ1n) is 7.34. The van der Waals surface area contributed by atoms with Crippen LogP contribution in [0.25, 0.3) is 0 Å². The van der Waals surface area contributed by atoms with Crippen molar-refractivity contribution in [3.05, 3.63) is 50.7 Å². The first kappa shape index (κ1) is 20.2. The Morgan fingerprint density at radius 1 is 1.19 bits per heavy atom. The van der Waals surface area contributed by atoms with Crippen molar-refractivity contribution in [3.8, 4) is 0 Å². The van der Waals surface area contributed by atoms with E-state index in [-0.39, 0.29) is 40.9 Å². The lowest BCUT2D eigenvalue weighted by Gasteiger charge is -2.17. The van der Waals surface area contributed by atoms with Gasteiger partial charge in [-0.3, -0.25) is 29.3 Å². The highest BCUT2D eigenvalue weighted by Gasteiger charge is 2.15. The van der Waals surface area contributed by atoms with Gasteiger partial charge in [-0.25, -0.2) is 13.4 Å². The molecule has 0 unspecified atom stereocenters. The molecule has 0 fully saturated rings. The second-order valence-corrected chi connectivity index (χ2v) is 7.01. The van der Waals surface area contributed by atoms with Gasteiger partial charge in [-0.15, -0.1) is 0 Å². The summed E-state index contributed by atoms with van der Waals surface area (Å²) >= 11 is 0.710. The van der Waals surface area contributed by atoms with E-state index < -0.39 is 26.6 Å². The van der Waals surface area contributed by atoms with Crippen LogP contribution in [0.5, 0.6) is 0 Å². The van der Waals surface area contributed by atoms with Crippen LogP contribution in [0.15, 0.2) is 30.5 Å². The number of hydrogen-bond donors (Lipinski definition) is 2. The van der Waals surface area contributed by atoms with Crippen molar-refractivity contribution >= 4 is 49.6 Å². The number of anilines is 2. The zero-order chi connectivity index (χ0) is 20.0. The number of amides is 1. The summed E-state index contributed by atoms with van der Waals surface area (Å²) in [6, 6.07) is 4.97. The smallest absolute Gasteiger partial charge is 0.302 e. The van der Waals surface area contributed by atoms with Gasteiger partial charge in [0.2, 0.25) is 16.8 Å². The minimum atomic E-state index is -3.00. The Labute approximate surface area is 157 Å². The van der Waals surface area contributed by atoms with Gasteiger partial charge in [-0.05, 0) is 29.9 Å². The highest BCUT2D eigenvalue weighted by Crippen LogP contribution is 2.25. The molecule has 1 heterocycles. The van der Waals surface area contributed by atoms with Gasteiger partial charge in [0.25, 0.3) is 5.69 Å². The van der Waals surface area contributed by atoms with Crippen LogP contribution >= 0.6 is 11.3 Å². The number of benzene rings is 1. The normalized spacial score (nSPS) is 10.6. The van der Waals surface area contributed by atoms with Crippen molar-refractivity contribution in [1.82, 2.24) is 4.98 Å². The second kappa shape index (κ2) is 9.00. The van der Waals surface area contributed by atoms with Crippen molar-refractivity contribution in [1.29, 1.82) is 0 Å². The maximum atomic E-state index is 11.8. The fraction of sp³-hybridized carbons (Fsp3) is 0.231. The van der Waals surface area contributed by atoms with Crippen molar-refractivity contribution in [2.75, 3.05) is 16.2 Å². The average Bonchev–Trinajstić information content (AvgIpc) is 3.07. The van der Waals surface area contributed by atoms with Crippen molar-refractivity contribution in [3.63, 3.8) is 0 Å². The third-order valence-electron chi connectivity index (χ3n) is 3.25. The van der Waals surface area contributed by atoms with Crippen molar-refractivity contribution in [2.24, 2.45) is 0 Å². The van der Waals surface area contributed by atoms with E-state index in [1.54, 1.807) is 0 Å². The summed E-state index contributed by atoms with van der Waals surface area (Å²) in [6.45, 7) is -0.0120. The number of carbonyl (C=O) groups excluding carboxylic acids is 1. The molecule has 1 aromatic carbocycles. The Balaban J connectivity index is 1.90. The van der Waals surface area contributed by atoms with E-state index in [4.69, 9.17) is 0 Å². The number of rotatable bonds is 9. The lowest BCUT2D eigenvalue weighted by Crippen LogP contribution is -2.23. The summed E-state index contributed by atoms with van der Waals surface area (Å²) in [7, 11) is -3.00. The number of thiol groups is 1. The molecule has 144 valence electrons. The van der Waals surface area contributed by atoms with E-state index in [0.29, 0.717) is 11.3 Å². The molecule has 1 amide bonds. The van der Waals surface area contributed by atoms with Crippen LogP contribution in [-0.2, 0) is 15.7 Å². The van der Waals surface area contributed by atoms with Crippen LogP contribution in [0.3, 0.4) is 0 Å². The zero-order valence-corrected chi connectivity index (χ0v) is 15.2. The van der Waals surface area contributed by atoms with Crippen LogP contribution in [0.2, 0.25) is 0 Å². The summed E-state index contributed by atoms with van der Waals surface area (Å²) in [4.78, 5) is 35.5. The molecule has 0 atom stereocenters. The highest BCUT2D eigenvalue weighted by atomic mass is 32.2. The Bertz CT molecular complexity index is 917. The average molecular weight is 415 g/mol. The molecule has 14 heteroatoms. The summed E-state index contributed by atoms with van der Waals surface area (Å²) in [5, 5.41) is 23.5. The van der Waals surface area contributed by atoms with Gasteiger partial charge in [0.05, 0.1) is 15.5 Å². The quantitative estimate of drug-likeness (QED) is 0.355. The van der Waals surface area contributed by atoms with Crippen LogP contribution in [0, 0.1) is 20.2 Å². The minimum Gasteiger partial charge on any atom is -0.302 e. The molecule has 0 radical (unpaired) electrons. The molecule has 2 aromatic rings. The predicted molar refractivity (Wildman–Crippen MR) is 97.4 cm³/mol. The molecular formula is C13H13N5O7S2. The number of hydrogen-bond acceptors (Lipinski definition) is 9. The summed E-state index contributed by atoms with van der Waals surface area (Å²) in [5.74, 6) is -0.468. The predicted octanol–water partition coefficient (Wildman–Crippen LogP) is 1.71. The molecule has 0 bridgehead atoms. The van der Waals surface area contributed by atoms with Crippen molar-refractivity contribution in [2.45, 2.75) is 12.8 Å². The van der Waals surface area contributed by atoms with Gasteiger partial charge >= 0.3 is 5.00 Å². The fourth-order valence-corrected chi connectivity index (χ4v) is 3.31. The van der Waals surface area contributed by atoms with Gasteiger partial charge < -0.3 is 5.32 Å². The monoisotopic (exact) mass is 415 g/mol. The Hall–Kier alpha value is -3.13. The number of nitrogens with zero attached hydrogens (tertiary/aromatic N) is 4. The molecule has 0 saturated heterocycles. The molecule has 1 N–H and O–H groups in total. The molecule has 1 aromatic heterocycles. The van der Waals surface area contributed by atoms with Crippen LogP contribution in [-0.4, -0.2) is 35.7 Å². The summed E-state index contributed by atoms with van der Waals surface area (Å²) in [5.41, 5.74) is 0.0735. The molecule has 27 heavy (non-hydrogen) atoms. The third kappa shape index (κ3) is 5.68. The van der Waals surface area contributed by atoms with Gasteiger partial charge in [0.1, 0.15) is 6.20 Å². The standard InChI is InChI=1S/C13H13N5O7S2/c19-11(15-13-14-8-12(26-13)18(22)23)2-1-7-16(27(24)25)9-3-5-10(6-4-9)17(20)21/h3-6,8,27H,1-2,7H2,(H,14,15,19). The maximum absolute atomic E-state index is 11.8. The SMILES string of the molecule is O=C(CCCN(c1ccc([N+](=O)[O-])cc1)[SH](=O)=O)Nc1ncc([N+](=O)[O-])s1. The van der Waals surface area contributed by atoms with E-state index in [2.05, 4.69) is 10.3 Å². The summed E-state index contributed by atoms with van der Waals surface area (Å²) < 4.78 is 23.8. The van der Waals surface area contributed by atoms with Gasteiger partial charge in [-0.1, -0.05) is 0 Å². The second-order valence-electron chi connectivity index (χ2n) is 5.05. The number of nitro benzene ring substituents is 1. The molecule has 0 saturated carbocycles. The molecule has 0 spiro atoms. The van der Waals surface area contributed by atoms with Crippen molar-refractivity contribution < 1.29 is 23.1 Å². The Morgan fingerprint density at radius 2 is 1.85 bits per heavy atom. The zero-order valence-electron chi connectivity index (χ0n) is 13.5. The number of aromatic nitrogens is 1. The van der Waals surface area contributed by atoms with E-state index in [1.807, 2.05) is 0 Å². The first-order valence-corrected chi connectivity index (χ1v) is 9.29. The van der Waals surface area contributed by atoms with Gasteiger partial charge in [0.15, 0.2) is 5.13 Å². The number of non-ortho nitro benzene ring substituents is 1. The largest absolute Gasteiger partial charge is 0.345 e.